The first-order valence-electron chi connectivity index (χ1n) is 3.99. The maximum absolute atomic E-state index is 10.7. The number of carboxylic acid groups (broad SMARTS) is 1. The monoisotopic (exact) mass is 190 g/mol. The lowest BCUT2D eigenvalue weighted by Crippen LogP contribution is -2.38. The smallest absolute Gasteiger partial charge is 0.335 e. The van der Waals surface area contributed by atoms with Gasteiger partial charge in [0.25, 0.3) is 0 Å². The summed E-state index contributed by atoms with van der Waals surface area (Å²) in [5, 5.41) is 18.1. The number of aliphatic hydroxyl groups is 1. The van der Waals surface area contributed by atoms with Crippen molar-refractivity contribution >= 4 is 11.9 Å². The number of methoxy groups -OCH3 is 1. The van der Waals surface area contributed by atoms with Crippen LogP contribution < -0.4 is 0 Å². The van der Waals surface area contributed by atoms with Gasteiger partial charge < -0.3 is 14.9 Å². The van der Waals surface area contributed by atoms with E-state index in [9.17, 15) is 14.7 Å². The van der Waals surface area contributed by atoms with Crippen LogP contribution in [-0.4, -0.2) is 34.9 Å². The van der Waals surface area contributed by atoms with Gasteiger partial charge in [0.1, 0.15) is 0 Å². The second kappa shape index (κ2) is 4.81. The summed E-state index contributed by atoms with van der Waals surface area (Å²) in [4.78, 5) is 21.2. The van der Waals surface area contributed by atoms with Gasteiger partial charge in [0, 0.05) is 6.42 Å². The van der Waals surface area contributed by atoms with E-state index < -0.39 is 17.5 Å². The highest BCUT2D eigenvalue weighted by molar-refractivity contribution is 5.78. The van der Waals surface area contributed by atoms with Crippen LogP contribution in [0, 0.1) is 0 Å². The Morgan fingerprint density at radius 1 is 1.46 bits per heavy atom. The third-order valence-electron chi connectivity index (χ3n) is 1.95. The second-order valence-corrected chi connectivity index (χ2v) is 2.77. The molecule has 0 aliphatic rings. The molecule has 0 rings (SSSR count). The number of carbonyl (C=O) groups excluding carboxylic acids is 1. The van der Waals surface area contributed by atoms with Crippen LogP contribution in [0.25, 0.3) is 0 Å². The predicted octanol–water partition coefficient (Wildman–Crippen LogP) is 0.165. The normalized spacial score (nSPS) is 14.7. The Balaban J connectivity index is 4.13. The molecule has 0 fully saturated rings. The number of carbonyl (C=O) groups is 2. The predicted molar refractivity (Wildman–Crippen MR) is 44.1 cm³/mol. The summed E-state index contributed by atoms with van der Waals surface area (Å²) < 4.78 is 4.33. The SMILES string of the molecule is CCC(O)(CCC(=O)OC)C(=O)O. The van der Waals surface area contributed by atoms with Gasteiger partial charge in [-0.1, -0.05) is 6.92 Å². The van der Waals surface area contributed by atoms with Crippen molar-refractivity contribution < 1.29 is 24.5 Å². The molecule has 1 unspecified atom stereocenters. The standard InChI is InChI=1S/C8H14O5/c1-3-8(12,7(10)11)5-4-6(9)13-2/h12H,3-5H2,1-2H3,(H,10,11). The van der Waals surface area contributed by atoms with Crippen molar-refractivity contribution in [2.45, 2.75) is 31.8 Å². The number of hydrogen-bond donors (Lipinski definition) is 2. The number of carboxylic acids is 1. The van der Waals surface area contributed by atoms with Crippen LogP contribution in [0.3, 0.4) is 0 Å². The summed E-state index contributed by atoms with van der Waals surface area (Å²) in [7, 11) is 1.22. The Hall–Kier alpha value is -1.10. The number of aliphatic carboxylic acids is 1. The lowest BCUT2D eigenvalue weighted by atomic mass is 9.95. The Bertz CT molecular complexity index is 201. The van der Waals surface area contributed by atoms with Crippen LogP contribution in [0.2, 0.25) is 0 Å². The molecule has 0 aliphatic carbocycles. The van der Waals surface area contributed by atoms with Crippen LogP contribution >= 0.6 is 0 Å². The van der Waals surface area contributed by atoms with Gasteiger partial charge in [0.15, 0.2) is 5.60 Å². The summed E-state index contributed by atoms with van der Waals surface area (Å²) in [5.41, 5.74) is -1.81. The van der Waals surface area contributed by atoms with E-state index in [-0.39, 0.29) is 19.3 Å². The number of rotatable bonds is 5. The fourth-order valence-electron chi connectivity index (χ4n) is 0.846. The van der Waals surface area contributed by atoms with Gasteiger partial charge in [-0.15, -0.1) is 0 Å². The van der Waals surface area contributed by atoms with Gasteiger partial charge in [-0.25, -0.2) is 4.79 Å². The van der Waals surface area contributed by atoms with Crippen LogP contribution in [0.5, 0.6) is 0 Å². The zero-order chi connectivity index (χ0) is 10.5. The molecule has 0 bridgehead atoms. The Kier molecular flexibility index (Phi) is 4.40. The molecule has 0 aromatic carbocycles. The van der Waals surface area contributed by atoms with E-state index in [1.807, 2.05) is 0 Å². The van der Waals surface area contributed by atoms with Crippen LogP contribution in [0.4, 0.5) is 0 Å². The molecule has 0 heterocycles. The minimum atomic E-state index is -1.81. The molecule has 1 atom stereocenters. The maximum Gasteiger partial charge on any atom is 0.335 e. The molecule has 0 spiro atoms. The third kappa shape index (κ3) is 3.42. The molecule has 0 radical (unpaired) electrons. The van der Waals surface area contributed by atoms with Crippen LogP contribution in [0.1, 0.15) is 26.2 Å². The minimum absolute atomic E-state index is 0.0688. The molecule has 5 heteroatoms. The molecular formula is C8H14O5. The molecule has 5 nitrogen and oxygen atoms in total. The first kappa shape index (κ1) is 11.9. The first-order chi connectivity index (χ1) is 5.96. The summed E-state index contributed by atoms with van der Waals surface area (Å²) >= 11 is 0. The lowest BCUT2D eigenvalue weighted by Gasteiger charge is -2.20. The molecule has 0 aliphatic heterocycles. The summed E-state index contributed by atoms with van der Waals surface area (Å²) in [6.07, 6.45) is -0.141. The highest BCUT2D eigenvalue weighted by atomic mass is 16.5. The van der Waals surface area contributed by atoms with Gasteiger partial charge >= 0.3 is 11.9 Å². The molecule has 0 saturated carbocycles. The van der Waals surface area contributed by atoms with Crippen LogP contribution in [-0.2, 0) is 14.3 Å². The van der Waals surface area contributed by atoms with E-state index in [1.165, 1.54) is 7.11 Å². The van der Waals surface area contributed by atoms with E-state index in [2.05, 4.69) is 4.74 Å². The van der Waals surface area contributed by atoms with Crippen molar-refractivity contribution in [2.75, 3.05) is 7.11 Å². The van der Waals surface area contributed by atoms with Crippen LogP contribution in [0.15, 0.2) is 0 Å². The Morgan fingerprint density at radius 3 is 2.31 bits per heavy atom. The quantitative estimate of drug-likeness (QED) is 0.603. The fourth-order valence-corrected chi connectivity index (χ4v) is 0.846. The Morgan fingerprint density at radius 2 is 2.00 bits per heavy atom. The maximum atomic E-state index is 10.7. The molecular weight excluding hydrogens is 176 g/mol. The Labute approximate surface area is 76.3 Å². The van der Waals surface area contributed by atoms with Crippen molar-refractivity contribution in [2.24, 2.45) is 0 Å². The number of hydrogen-bond acceptors (Lipinski definition) is 4. The zero-order valence-corrected chi connectivity index (χ0v) is 7.74. The van der Waals surface area contributed by atoms with E-state index in [0.29, 0.717) is 0 Å². The average Bonchev–Trinajstić information content (AvgIpc) is 2.13. The molecule has 2 N–H and O–H groups in total. The first-order valence-corrected chi connectivity index (χ1v) is 3.99. The highest BCUT2D eigenvalue weighted by Crippen LogP contribution is 2.17. The summed E-state index contributed by atoms with van der Waals surface area (Å²) in [6.45, 7) is 1.55. The topological polar surface area (TPSA) is 83.8 Å². The average molecular weight is 190 g/mol. The van der Waals surface area contributed by atoms with E-state index in [4.69, 9.17) is 5.11 Å². The van der Waals surface area contributed by atoms with Crippen molar-refractivity contribution in [3.63, 3.8) is 0 Å². The highest BCUT2D eigenvalue weighted by Gasteiger charge is 2.34. The van der Waals surface area contributed by atoms with Gasteiger partial charge in [0.05, 0.1) is 7.11 Å². The summed E-state index contributed by atoms with van der Waals surface area (Å²) in [6, 6.07) is 0. The van der Waals surface area contributed by atoms with E-state index in [0.717, 1.165) is 0 Å². The molecule has 0 amide bonds. The van der Waals surface area contributed by atoms with Crippen molar-refractivity contribution in [3.8, 4) is 0 Å². The van der Waals surface area contributed by atoms with Gasteiger partial charge in [-0.05, 0) is 12.8 Å². The van der Waals surface area contributed by atoms with Gasteiger partial charge in [-0.2, -0.15) is 0 Å². The molecule has 0 aromatic rings. The third-order valence-corrected chi connectivity index (χ3v) is 1.95. The largest absolute Gasteiger partial charge is 0.479 e. The summed E-state index contributed by atoms with van der Waals surface area (Å²) in [5.74, 6) is -1.83. The van der Waals surface area contributed by atoms with E-state index in [1.54, 1.807) is 6.92 Å². The van der Waals surface area contributed by atoms with Gasteiger partial charge in [0.2, 0.25) is 0 Å². The number of esters is 1. The number of ether oxygens (including phenoxy) is 1. The fraction of sp³-hybridized carbons (Fsp3) is 0.750. The lowest BCUT2D eigenvalue weighted by molar-refractivity contribution is -0.160. The molecule has 0 aromatic heterocycles. The van der Waals surface area contributed by atoms with Crippen molar-refractivity contribution in [1.29, 1.82) is 0 Å². The minimum Gasteiger partial charge on any atom is -0.479 e. The molecule has 76 valence electrons. The molecule has 0 saturated heterocycles. The van der Waals surface area contributed by atoms with Crippen molar-refractivity contribution in [1.82, 2.24) is 0 Å². The molecule has 13 heavy (non-hydrogen) atoms. The van der Waals surface area contributed by atoms with Gasteiger partial charge in [-0.3, -0.25) is 4.79 Å². The van der Waals surface area contributed by atoms with E-state index >= 15 is 0 Å². The second-order valence-electron chi connectivity index (χ2n) is 2.77. The zero-order valence-electron chi connectivity index (χ0n) is 7.74. The van der Waals surface area contributed by atoms with Crippen molar-refractivity contribution in [3.05, 3.63) is 0 Å².